The predicted molar refractivity (Wildman–Crippen MR) is 100 cm³/mol. The van der Waals surface area contributed by atoms with E-state index in [0.29, 0.717) is 16.2 Å². The molecule has 3 rings (SSSR count). The second-order valence-electron chi connectivity index (χ2n) is 5.82. The van der Waals surface area contributed by atoms with Gasteiger partial charge in [0, 0.05) is 22.1 Å². The maximum absolute atomic E-state index is 13.1. The zero-order valence-corrected chi connectivity index (χ0v) is 14.7. The van der Waals surface area contributed by atoms with Gasteiger partial charge in [0.25, 0.3) is 0 Å². The summed E-state index contributed by atoms with van der Waals surface area (Å²) in [6.45, 7) is 4.01. The molecule has 0 aliphatic heterocycles. The van der Waals surface area contributed by atoms with E-state index in [-0.39, 0.29) is 5.82 Å². The second kappa shape index (κ2) is 6.96. The van der Waals surface area contributed by atoms with E-state index in [0.717, 1.165) is 22.6 Å². The van der Waals surface area contributed by atoms with Crippen molar-refractivity contribution in [3.05, 3.63) is 88.0 Å². The highest BCUT2D eigenvalue weighted by Crippen LogP contribution is 2.26. The zero-order valence-electron chi connectivity index (χ0n) is 13.9. The van der Waals surface area contributed by atoms with E-state index in [1.807, 2.05) is 50.3 Å². The van der Waals surface area contributed by atoms with Crippen LogP contribution in [0.3, 0.4) is 0 Å². The molecule has 0 fully saturated rings. The van der Waals surface area contributed by atoms with E-state index in [4.69, 9.17) is 11.6 Å². The first-order chi connectivity index (χ1) is 12.0. The molecule has 1 aromatic heterocycles. The van der Waals surface area contributed by atoms with Crippen molar-refractivity contribution in [2.75, 3.05) is 0 Å². The van der Waals surface area contributed by atoms with Crippen molar-refractivity contribution < 1.29 is 4.39 Å². The van der Waals surface area contributed by atoms with Crippen LogP contribution in [-0.2, 0) is 0 Å². The maximum Gasteiger partial charge on any atom is 0.123 e. The molecule has 0 bridgehead atoms. The molecule has 0 saturated carbocycles. The molecule has 3 aromatic rings. The fourth-order valence-electron chi connectivity index (χ4n) is 2.91. The Hall–Kier alpha value is -2.83. The van der Waals surface area contributed by atoms with Crippen molar-refractivity contribution in [1.29, 1.82) is 5.26 Å². The van der Waals surface area contributed by atoms with E-state index in [9.17, 15) is 9.65 Å². The number of halogens is 2. The minimum Gasteiger partial charge on any atom is -0.318 e. The number of aromatic nitrogens is 1. The van der Waals surface area contributed by atoms with Crippen LogP contribution in [0.15, 0.2) is 54.6 Å². The molecule has 25 heavy (non-hydrogen) atoms. The molecule has 2 aromatic carbocycles. The van der Waals surface area contributed by atoms with E-state index in [1.54, 1.807) is 12.1 Å². The molecular formula is C21H16ClFN2. The number of allylic oxidation sites excluding steroid dienone is 1. The molecule has 0 spiro atoms. The molecule has 0 saturated heterocycles. The lowest BCUT2D eigenvalue weighted by Gasteiger charge is -2.10. The van der Waals surface area contributed by atoms with E-state index in [1.165, 1.54) is 12.1 Å². The Bertz CT molecular complexity index is 992. The van der Waals surface area contributed by atoms with Crippen molar-refractivity contribution in [2.24, 2.45) is 0 Å². The van der Waals surface area contributed by atoms with Crippen LogP contribution >= 0.6 is 11.6 Å². The van der Waals surface area contributed by atoms with Crippen molar-refractivity contribution in [1.82, 2.24) is 4.57 Å². The molecule has 0 atom stereocenters. The summed E-state index contributed by atoms with van der Waals surface area (Å²) in [7, 11) is 0. The van der Waals surface area contributed by atoms with Gasteiger partial charge in [-0.05, 0) is 67.4 Å². The molecule has 2 nitrogen and oxygen atoms in total. The van der Waals surface area contributed by atoms with Crippen LogP contribution in [0.1, 0.15) is 22.5 Å². The lowest BCUT2D eigenvalue weighted by Crippen LogP contribution is -1.98. The van der Waals surface area contributed by atoms with Gasteiger partial charge in [-0.2, -0.15) is 5.26 Å². The summed E-state index contributed by atoms with van der Waals surface area (Å²) in [5, 5.41) is 10.2. The van der Waals surface area contributed by atoms with Gasteiger partial charge in [0.2, 0.25) is 0 Å². The Kier molecular flexibility index (Phi) is 4.74. The number of rotatable bonds is 3. The van der Waals surface area contributed by atoms with Gasteiger partial charge in [0.15, 0.2) is 0 Å². The van der Waals surface area contributed by atoms with Gasteiger partial charge in [-0.1, -0.05) is 29.8 Å². The Morgan fingerprint density at radius 3 is 2.48 bits per heavy atom. The average molecular weight is 351 g/mol. The first-order valence-electron chi connectivity index (χ1n) is 7.82. The fourth-order valence-corrected chi connectivity index (χ4v) is 3.10. The van der Waals surface area contributed by atoms with E-state index in [2.05, 4.69) is 10.6 Å². The van der Waals surface area contributed by atoms with Crippen molar-refractivity contribution >= 4 is 23.3 Å². The SMILES string of the molecule is Cc1cc(/C=C(/C#N)c2ccc(F)cc2)c(C)n1-c1cccc(Cl)c1. The lowest BCUT2D eigenvalue weighted by atomic mass is 10.0. The molecule has 124 valence electrons. The minimum atomic E-state index is -0.319. The summed E-state index contributed by atoms with van der Waals surface area (Å²) in [5.74, 6) is -0.319. The van der Waals surface area contributed by atoms with Crippen LogP contribution in [0.2, 0.25) is 5.02 Å². The third kappa shape index (κ3) is 3.50. The predicted octanol–water partition coefficient (Wildman–Crippen LogP) is 5.95. The third-order valence-electron chi connectivity index (χ3n) is 4.11. The number of nitrogens with zero attached hydrogens (tertiary/aromatic N) is 2. The summed E-state index contributed by atoms with van der Waals surface area (Å²) >= 11 is 6.11. The Morgan fingerprint density at radius 2 is 1.84 bits per heavy atom. The number of hydrogen-bond acceptors (Lipinski definition) is 1. The van der Waals surface area contributed by atoms with Crippen LogP contribution in [0.5, 0.6) is 0 Å². The van der Waals surface area contributed by atoms with Gasteiger partial charge >= 0.3 is 0 Å². The Morgan fingerprint density at radius 1 is 1.12 bits per heavy atom. The smallest absolute Gasteiger partial charge is 0.123 e. The fraction of sp³-hybridized carbons (Fsp3) is 0.0952. The van der Waals surface area contributed by atoms with Gasteiger partial charge in [-0.25, -0.2) is 4.39 Å². The average Bonchev–Trinajstić information content (AvgIpc) is 2.87. The van der Waals surface area contributed by atoms with Crippen LogP contribution in [-0.4, -0.2) is 4.57 Å². The first kappa shape index (κ1) is 17.0. The van der Waals surface area contributed by atoms with Gasteiger partial charge < -0.3 is 4.57 Å². The summed E-state index contributed by atoms with van der Waals surface area (Å²) in [5.41, 5.74) is 5.15. The highest BCUT2D eigenvalue weighted by molar-refractivity contribution is 6.30. The molecule has 0 aliphatic rings. The Labute approximate surface area is 151 Å². The van der Waals surface area contributed by atoms with Crippen molar-refractivity contribution in [3.8, 4) is 11.8 Å². The zero-order chi connectivity index (χ0) is 18.0. The normalized spacial score (nSPS) is 11.4. The van der Waals surface area contributed by atoms with Crippen molar-refractivity contribution in [3.63, 3.8) is 0 Å². The topological polar surface area (TPSA) is 28.7 Å². The summed E-state index contributed by atoms with van der Waals surface area (Å²) in [4.78, 5) is 0. The van der Waals surface area contributed by atoms with Gasteiger partial charge in [0.05, 0.1) is 11.6 Å². The largest absolute Gasteiger partial charge is 0.318 e. The second-order valence-corrected chi connectivity index (χ2v) is 6.25. The van der Waals surface area contributed by atoms with E-state index < -0.39 is 0 Å². The minimum absolute atomic E-state index is 0.319. The molecule has 0 N–H and O–H groups in total. The molecule has 4 heteroatoms. The standard InChI is InChI=1S/C21H16ClFN2/c1-14-10-17(11-18(13-24)16-6-8-20(23)9-7-16)15(2)25(14)21-5-3-4-19(22)12-21/h3-12H,1-2H3/b18-11-. The molecule has 1 heterocycles. The lowest BCUT2D eigenvalue weighted by molar-refractivity contribution is 0.627. The molecule has 0 amide bonds. The summed E-state index contributed by atoms with van der Waals surface area (Å²) in [6, 6.07) is 17.8. The van der Waals surface area contributed by atoms with E-state index >= 15 is 0 Å². The number of aryl methyl sites for hydroxylation is 1. The van der Waals surface area contributed by atoms with Crippen LogP contribution in [0.4, 0.5) is 4.39 Å². The molecule has 0 aliphatic carbocycles. The maximum atomic E-state index is 13.1. The first-order valence-corrected chi connectivity index (χ1v) is 8.20. The quantitative estimate of drug-likeness (QED) is 0.536. The number of nitriles is 1. The van der Waals surface area contributed by atoms with Crippen LogP contribution in [0.25, 0.3) is 17.3 Å². The summed E-state index contributed by atoms with van der Waals surface area (Å²) < 4.78 is 15.2. The Balaban J connectivity index is 2.08. The molecule has 0 unspecified atom stereocenters. The van der Waals surface area contributed by atoms with Gasteiger partial charge in [0.1, 0.15) is 5.82 Å². The van der Waals surface area contributed by atoms with Crippen LogP contribution < -0.4 is 0 Å². The van der Waals surface area contributed by atoms with Crippen molar-refractivity contribution in [2.45, 2.75) is 13.8 Å². The van der Waals surface area contributed by atoms with Gasteiger partial charge in [-0.3, -0.25) is 0 Å². The number of benzene rings is 2. The third-order valence-corrected chi connectivity index (χ3v) is 4.35. The summed E-state index contributed by atoms with van der Waals surface area (Å²) in [6.07, 6.45) is 1.83. The monoisotopic (exact) mass is 350 g/mol. The molecular weight excluding hydrogens is 335 g/mol. The highest BCUT2D eigenvalue weighted by atomic mass is 35.5. The number of hydrogen-bond donors (Lipinski definition) is 0. The van der Waals surface area contributed by atoms with Gasteiger partial charge in [-0.15, -0.1) is 0 Å². The molecule has 0 radical (unpaired) electrons. The van der Waals surface area contributed by atoms with Crippen LogP contribution in [0, 0.1) is 31.0 Å². The highest BCUT2D eigenvalue weighted by Gasteiger charge is 2.11.